The van der Waals surface area contributed by atoms with Crippen molar-refractivity contribution in [2.75, 3.05) is 6.54 Å². The fourth-order valence-corrected chi connectivity index (χ4v) is 2.25. The number of hydrogen-bond acceptors (Lipinski definition) is 1. The van der Waals surface area contributed by atoms with Gasteiger partial charge in [-0.25, -0.2) is 13.2 Å². The van der Waals surface area contributed by atoms with Gasteiger partial charge in [0.2, 0.25) is 0 Å². The molecule has 0 radical (unpaired) electrons. The number of piperidine rings is 1. The Labute approximate surface area is 103 Å². The van der Waals surface area contributed by atoms with E-state index in [1.165, 1.54) is 4.90 Å². The molecule has 1 aromatic rings. The highest BCUT2D eigenvalue weighted by molar-refractivity contribution is 5.94. The lowest BCUT2D eigenvalue weighted by Gasteiger charge is -2.33. The van der Waals surface area contributed by atoms with Gasteiger partial charge in [0.05, 0.1) is 5.56 Å². The van der Waals surface area contributed by atoms with Crippen molar-refractivity contribution in [3.05, 3.63) is 35.1 Å². The molecule has 98 valence electrons. The first kappa shape index (κ1) is 12.9. The molecule has 2 nitrogen and oxygen atoms in total. The third kappa shape index (κ3) is 2.21. The van der Waals surface area contributed by atoms with Gasteiger partial charge in [0.15, 0.2) is 17.5 Å². The molecule has 0 aliphatic carbocycles. The smallest absolute Gasteiger partial charge is 0.257 e. The van der Waals surface area contributed by atoms with Crippen molar-refractivity contribution in [1.82, 2.24) is 4.90 Å². The molecule has 0 N–H and O–H groups in total. The molecule has 1 unspecified atom stereocenters. The number of carbonyl (C=O) groups excluding carboxylic acids is 1. The van der Waals surface area contributed by atoms with E-state index in [9.17, 15) is 18.0 Å². The summed E-state index contributed by atoms with van der Waals surface area (Å²) in [6.07, 6.45) is 2.71. The Hall–Kier alpha value is -1.52. The molecule has 1 aliphatic rings. The molecule has 1 saturated heterocycles. The first-order valence-corrected chi connectivity index (χ1v) is 5.97. The lowest BCUT2D eigenvalue weighted by Crippen LogP contribution is -2.42. The second-order valence-electron chi connectivity index (χ2n) is 4.57. The number of nitrogens with zero attached hydrogens (tertiary/aromatic N) is 1. The number of likely N-dealkylation sites (tertiary alicyclic amines) is 1. The standard InChI is InChI=1S/C13H14F3NO/c1-8-4-2-3-7-17(8)13(18)9-5-6-10(14)12(16)11(9)15/h5-6,8H,2-4,7H2,1H3. The Kier molecular flexibility index (Phi) is 3.59. The van der Waals surface area contributed by atoms with Crippen LogP contribution in [0.25, 0.3) is 0 Å². The van der Waals surface area contributed by atoms with Gasteiger partial charge >= 0.3 is 0 Å². The molecule has 0 spiro atoms. The Morgan fingerprint density at radius 1 is 1.22 bits per heavy atom. The van der Waals surface area contributed by atoms with Crippen LogP contribution in [-0.4, -0.2) is 23.4 Å². The largest absolute Gasteiger partial charge is 0.336 e. The fraction of sp³-hybridized carbons (Fsp3) is 0.462. The zero-order chi connectivity index (χ0) is 13.3. The zero-order valence-corrected chi connectivity index (χ0v) is 10.0. The third-order valence-electron chi connectivity index (χ3n) is 3.33. The Bertz CT molecular complexity index is 476. The number of halogens is 3. The van der Waals surface area contributed by atoms with Crippen LogP contribution in [0.2, 0.25) is 0 Å². The van der Waals surface area contributed by atoms with Crippen LogP contribution < -0.4 is 0 Å². The third-order valence-corrected chi connectivity index (χ3v) is 3.33. The van der Waals surface area contributed by atoms with Crippen molar-refractivity contribution in [3.63, 3.8) is 0 Å². The predicted molar refractivity (Wildman–Crippen MR) is 60.7 cm³/mol. The molecule has 18 heavy (non-hydrogen) atoms. The van der Waals surface area contributed by atoms with Crippen molar-refractivity contribution in [1.29, 1.82) is 0 Å². The minimum atomic E-state index is -1.59. The SMILES string of the molecule is CC1CCCCN1C(=O)c1ccc(F)c(F)c1F. The van der Waals surface area contributed by atoms with Gasteiger partial charge in [-0.2, -0.15) is 0 Å². The van der Waals surface area contributed by atoms with Crippen LogP contribution in [0, 0.1) is 17.5 Å². The molecule has 1 atom stereocenters. The molecule has 5 heteroatoms. The molecule has 1 heterocycles. The molecular formula is C13H14F3NO. The molecule has 1 fully saturated rings. The maximum atomic E-state index is 13.5. The van der Waals surface area contributed by atoms with Crippen molar-refractivity contribution in [2.24, 2.45) is 0 Å². The average Bonchev–Trinajstić information content (AvgIpc) is 2.36. The summed E-state index contributed by atoms with van der Waals surface area (Å²) in [6, 6.07) is 1.77. The van der Waals surface area contributed by atoms with E-state index in [4.69, 9.17) is 0 Å². The van der Waals surface area contributed by atoms with Crippen LogP contribution in [-0.2, 0) is 0 Å². The van der Waals surface area contributed by atoms with Gasteiger partial charge in [-0.1, -0.05) is 0 Å². The number of carbonyl (C=O) groups is 1. The average molecular weight is 257 g/mol. The van der Waals surface area contributed by atoms with Gasteiger partial charge in [0.25, 0.3) is 5.91 Å². The van der Waals surface area contributed by atoms with Crippen molar-refractivity contribution in [2.45, 2.75) is 32.2 Å². The summed E-state index contributed by atoms with van der Waals surface area (Å²) >= 11 is 0. The van der Waals surface area contributed by atoms with E-state index in [-0.39, 0.29) is 6.04 Å². The quantitative estimate of drug-likeness (QED) is 0.708. The highest BCUT2D eigenvalue weighted by Gasteiger charge is 2.27. The number of amides is 1. The van der Waals surface area contributed by atoms with Crippen LogP contribution in [0.4, 0.5) is 13.2 Å². The molecule has 1 aromatic carbocycles. The van der Waals surface area contributed by atoms with Gasteiger partial charge in [-0.05, 0) is 38.3 Å². The topological polar surface area (TPSA) is 20.3 Å². The van der Waals surface area contributed by atoms with Gasteiger partial charge in [0, 0.05) is 12.6 Å². The van der Waals surface area contributed by atoms with Crippen LogP contribution in [0.3, 0.4) is 0 Å². The number of benzene rings is 1. The summed E-state index contributed by atoms with van der Waals surface area (Å²) in [5, 5.41) is 0. The van der Waals surface area contributed by atoms with E-state index in [1.807, 2.05) is 6.92 Å². The predicted octanol–water partition coefficient (Wildman–Crippen LogP) is 3.12. The van der Waals surface area contributed by atoms with E-state index in [1.54, 1.807) is 0 Å². The zero-order valence-electron chi connectivity index (χ0n) is 10.0. The van der Waals surface area contributed by atoms with E-state index in [0.29, 0.717) is 6.54 Å². The van der Waals surface area contributed by atoms with E-state index in [2.05, 4.69) is 0 Å². The molecule has 2 rings (SSSR count). The van der Waals surface area contributed by atoms with E-state index < -0.39 is 28.9 Å². The molecular weight excluding hydrogens is 243 g/mol. The minimum absolute atomic E-state index is 0.00114. The number of hydrogen-bond donors (Lipinski definition) is 0. The number of rotatable bonds is 1. The summed E-state index contributed by atoms with van der Waals surface area (Å²) in [5.41, 5.74) is -0.400. The van der Waals surface area contributed by atoms with Crippen molar-refractivity contribution >= 4 is 5.91 Å². The molecule has 1 amide bonds. The Balaban J connectivity index is 2.31. The van der Waals surface area contributed by atoms with Crippen LogP contribution in [0.5, 0.6) is 0 Å². The first-order valence-electron chi connectivity index (χ1n) is 5.97. The Morgan fingerprint density at radius 2 is 1.94 bits per heavy atom. The molecule has 0 saturated carbocycles. The highest BCUT2D eigenvalue weighted by atomic mass is 19.2. The van der Waals surface area contributed by atoms with Crippen LogP contribution >= 0.6 is 0 Å². The lowest BCUT2D eigenvalue weighted by molar-refractivity contribution is 0.0629. The van der Waals surface area contributed by atoms with E-state index >= 15 is 0 Å². The fourth-order valence-electron chi connectivity index (χ4n) is 2.25. The van der Waals surface area contributed by atoms with Crippen LogP contribution in [0.15, 0.2) is 12.1 Å². The van der Waals surface area contributed by atoms with Gasteiger partial charge in [-0.15, -0.1) is 0 Å². The monoisotopic (exact) mass is 257 g/mol. The maximum absolute atomic E-state index is 13.5. The summed E-state index contributed by atoms with van der Waals surface area (Å²) in [7, 11) is 0. The van der Waals surface area contributed by atoms with Gasteiger partial charge < -0.3 is 4.90 Å². The summed E-state index contributed by atoms with van der Waals surface area (Å²) in [6.45, 7) is 2.40. The van der Waals surface area contributed by atoms with Gasteiger partial charge in [-0.3, -0.25) is 4.79 Å². The lowest BCUT2D eigenvalue weighted by atomic mass is 10.0. The normalized spacial score (nSPS) is 20.0. The molecule has 1 aliphatic heterocycles. The summed E-state index contributed by atoms with van der Waals surface area (Å²) in [5.74, 6) is -4.85. The summed E-state index contributed by atoms with van der Waals surface area (Å²) in [4.78, 5) is 13.6. The van der Waals surface area contributed by atoms with E-state index in [0.717, 1.165) is 31.4 Å². The molecule has 0 bridgehead atoms. The second kappa shape index (κ2) is 5.00. The van der Waals surface area contributed by atoms with Gasteiger partial charge in [0.1, 0.15) is 0 Å². The van der Waals surface area contributed by atoms with Crippen molar-refractivity contribution < 1.29 is 18.0 Å². The first-order chi connectivity index (χ1) is 8.52. The molecule has 0 aromatic heterocycles. The van der Waals surface area contributed by atoms with Crippen LogP contribution in [0.1, 0.15) is 36.5 Å². The Morgan fingerprint density at radius 3 is 2.61 bits per heavy atom. The highest BCUT2D eigenvalue weighted by Crippen LogP contribution is 2.22. The maximum Gasteiger partial charge on any atom is 0.257 e. The minimum Gasteiger partial charge on any atom is -0.336 e. The second-order valence-corrected chi connectivity index (χ2v) is 4.57. The van der Waals surface area contributed by atoms with Crippen molar-refractivity contribution in [3.8, 4) is 0 Å². The summed E-state index contributed by atoms with van der Waals surface area (Å²) < 4.78 is 39.4.